The summed E-state index contributed by atoms with van der Waals surface area (Å²) in [4.78, 5) is 17.9. The van der Waals surface area contributed by atoms with Gasteiger partial charge in [-0.3, -0.25) is 9.20 Å². The predicted molar refractivity (Wildman–Crippen MR) is 93.6 cm³/mol. The molecule has 120 valence electrons. The molecule has 1 atom stereocenters. The zero-order chi connectivity index (χ0) is 16.4. The third-order valence-electron chi connectivity index (χ3n) is 3.79. The van der Waals surface area contributed by atoms with E-state index < -0.39 is 0 Å². The van der Waals surface area contributed by atoms with Crippen LogP contribution in [-0.4, -0.2) is 15.3 Å². The number of hydrogen-bond acceptors (Lipinski definition) is 3. The van der Waals surface area contributed by atoms with Crippen molar-refractivity contribution in [3.05, 3.63) is 59.4 Å². The van der Waals surface area contributed by atoms with Crippen LogP contribution in [0.2, 0.25) is 0 Å². The fourth-order valence-electron chi connectivity index (χ4n) is 2.68. The van der Waals surface area contributed by atoms with E-state index in [-0.39, 0.29) is 17.4 Å². The van der Waals surface area contributed by atoms with Crippen LogP contribution >= 0.6 is 11.3 Å². The zero-order valence-electron chi connectivity index (χ0n) is 13.6. The number of thiazole rings is 1. The van der Waals surface area contributed by atoms with Crippen LogP contribution in [0, 0.1) is 5.41 Å². The van der Waals surface area contributed by atoms with Crippen molar-refractivity contribution in [3.8, 4) is 0 Å². The van der Waals surface area contributed by atoms with Gasteiger partial charge >= 0.3 is 0 Å². The Kier molecular flexibility index (Phi) is 4.22. The highest BCUT2D eigenvalue weighted by Crippen LogP contribution is 2.32. The summed E-state index contributed by atoms with van der Waals surface area (Å²) in [5.74, 6) is -0.000434. The Labute approximate surface area is 140 Å². The summed E-state index contributed by atoms with van der Waals surface area (Å²) in [7, 11) is 0. The molecule has 0 aliphatic rings. The maximum Gasteiger partial charge on any atom is 0.226 e. The minimum absolute atomic E-state index is 0.000434. The number of imidazole rings is 1. The first-order valence-corrected chi connectivity index (χ1v) is 8.57. The van der Waals surface area contributed by atoms with Crippen molar-refractivity contribution in [1.82, 2.24) is 14.7 Å². The molecule has 3 aromatic rings. The lowest BCUT2D eigenvalue weighted by atomic mass is 9.82. The molecule has 0 bridgehead atoms. The van der Waals surface area contributed by atoms with E-state index in [1.165, 1.54) is 0 Å². The second-order valence-corrected chi connectivity index (χ2v) is 7.65. The second-order valence-electron chi connectivity index (χ2n) is 6.78. The summed E-state index contributed by atoms with van der Waals surface area (Å²) < 4.78 is 1.95. The lowest BCUT2D eigenvalue weighted by Crippen LogP contribution is -2.37. The average molecular weight is 327 g/mol. The zero-order valence-corrected chi connectivity index (χ0v) is 14.4. The van der Waals surface area contributed by atoms with Gasteiger partial charge in [-0.1, -0.05) is 51.1 Å². The Hall–Kier alpha value is -2.14. The number of hydrogen-bond donors (Lipinski definition) is 1. The molecule has 2 aromatic heterocycles. The van der Waals surface area contributed by atoms with E-state index in [1.54, 1.807) is 11.3 Å². The summed E-state index contributed by atoms with van der Waals surface area (Å²) in [5.41, 5.74) is 1.86. The molecule has 4 nitrogen and oxygen atoms in total. The molecule has 0 radical (unpaired) electrons. The SMILES string of the molecule is CC(C)(C)C(NC(=O)Cc1cn2ccsc2n1)c1ccccc1. The van der Waals surface area contributed by atoms with Crippen molar-refractivity contribution in [2.75, 3.05) is 0 Å². The van der Waals surface area contributed by atoms with Crippen molar-refractivity contribution in [3.63, 3.8) is 0 Å². The largest absolute Gasteiger partial charge is 0.348 e. The molecule has 2 heterocycles. The Balaban J connectivity index is 1.74. The van der Waals surface area contributed by atoms with Gasteiger partial charge in [0.1, 0.15) is 0 Å². The number of rotatable bonds is 4. The van der Waals surface area contributed by atoms with Gasteiger partial charge in [-0.2, -0.15) is 0 Å². The highest BCUT2D eigenvalue weighted by molar-refractivity contribution is 7.15. The van der Waals surface area contributed by atoms with Gasteiger partial charge in [-0.15, -0.1) is 11.3 Å². The van der Waals surface area contributed by atoms with Crippen LogP contribution in [0.25, 0.3) is 4.96 Å². The van der Waals surface area contributed by atoms with Crippen LogP contribution in [0.3, 0.4) is 0 Å². The van der Waals surface area contributed by atoms with Gasteiger partial charge in [0.25, 0.3) is 0 Å². The standard InChI is InChI=1S/C18H21N3OS/c1-18(2,3)16(13-7-5-4-6-8-13)20-15(22)11-14-12-21-9-10-23-17(21)19-14/h4-10,12,16H,11H2,1-3H3,(H,20,22). The van der Waals surface area contributed by atoms with E-state index in [0.29, 0.717) is 6.42 Å². The topological polar surface area (TPSA) is 46.4 Å². The van der Waals surface area contributed by atoms with Crippen molar-refractivity contribution in [2.24, 2.45) is 5.41 Å². The first-order chi connectivity index (χ1) is 10.9. The number of nitrogens with one attached hydrogen (secondary N) is 1. The summed E-state index contributed by atoms with van der Waals surface area (Å²) in [6.45, 7) is 6.41. The van der Waals surface area contributed by atoms with Crippen LogP contribution in [0.15, 0.2) is 48.1 Å². The highest BCUT2D eigenvalue weighted by atomic mass is 32.1. The number of nitrogens with zero attached hydrogens (tertiary/aromatic N) is 2. The Bertz CT molecular complexity index is 770. The fourth-order valence-corrected chi connectivity index (χ4v) is 3.40. The molecule has 3 rings (SSSR count). The highest BCUT2D eigenvalue weighted by Gasteiger charge is 2.27. The average Bonchev–Trinajstić information content (AvgIpc) is 3.05. The van der Waals surface area contributed by atoms with Gasteiger partial charge in [0.2, 0.25) is 5.91 Å². The van der Waals surface area contributed by atoms with E-state index in [1.807, 2.05) is 40.4 Å². The smallest absolute Gasteiger partial charge is 0.226 e. The number of fused-ring (bicyclic) bond motifs is 1. The Morgan fingerprint density at radius 3 is 2.70 bits per heavy atom. The van der Waals surface area contributed by atoms with Crippen LogP contribution in [0.1, 0.15) is 38.1 Å². The third kappa shape index (κ3) is 3.62. The minimum atomic E-state index is -0.0639. The fraction of sp³-hybridized carbons (Fsp3) is 0.333. The molecular formula is C18H21N3OS. The molecule has 0 fully saturated rings. The first kappa shape index (κ1) is 15.7. The van der Waals surface area contributed by atoms with E-state index in [2.05, 4.69) is 43.2 Å². The third-order valence-corrected chi connectivity index (χ3v) is 4.56. The number of aromatic nitrogens is 2. The van der Waals surface area contributed by atoms with Gasteiger partial charge in [0, 0.05) is 17.8 Å². The molecule has 5 heteroatoms. The maximum absolute atomic E-state index is 12.5. The quantitative estimate of drug-likeness (QED) is 0.791. The molecule has 1 unspecified atom stereocenters. The first-order valence-electron chi connectivity index (χ1n) is 7.69. The molecular weight excluding hydrogens is 306 g/mol. The summed E-state index contributed by atoms with van der Waals surface area (Å²) >= 11 is 1.57. The Morgan fingerprint density at radius 1 is 1.30 bits per heavy atom. The van der Waals surface area contributed by atoms with E-state index >= 15 is 0 Å². The van der Waals surface area contributed by atoms with E-state index in [0.717, 1.165) is 16.2 Å². The number of carbonyl (C=O) groups is 1. The lowest BCUT2D eigenvalue weighted by molar-refractivity contribution is -0.122. The second kappa shape index (κ2) is 6.16. The van der Waals surface area contributed by atoms with Gasteiger partial charge < -0.3 is 5.32 Å². The van der Waals surface area contributed by atoms with Crippen LogP contribution in [-0.2, 0) is 11.2 Å². The molecule has 1 aromatic carbocycles. The van der Waals surface area contributed by atoms with E-state index in [9.17, 15) is 4.79 Å². The van der Waals surface area contributed by atoms with Crippen molar-refractivity contribution in [1.29, 1.82) is 0 Å². The lowest BCUT2D eigenvalue weighted by Gasteiger charge is -2.32. The molecule has 0 saturated heterocycles. The van der Waals surface area contributed by atoms with Crippen LogP contribution in [0.5, 0.6) is 0 Å². The van der Waals surface area contributed by atoms with Gasteiger partial charge in [0.05, 0.1) is 18.2 Å². The molecule has 23 heavy (non-hydrogen) atoms. The molecule has 0 aliphatic carbocycles. The van der Waals surface area contributed by atoms with Crippen LogP contribution in [0.4, 0.5) is 0 Å². The molecule has 0 aliphatic heterocycles. The number of amides is 1. The predicted octanol–water partition coefficient (Wildman–Crippen LogP) is 3.84. The van der Waals surface area contributed by atoms with Gasteiger partial charge in [0.15, 0.2) is 4.96 Å². The van der Waals surface area contributed by atoms with Crippen molar-refractivity contribution in [2.45, 2.75) is 33.2 Å². The van der Waals surface area contributed by atoms with E-state index in [4.69, 9.17) is 0 Å². The monoisotopic (exact) mass is 327 g/mol. The normalized spacial score (nSPS) is 13.2. The molecule has 1 N–H and O–H groups in total. The molecule has 0 spiro atoms. The van der Waals surface area contributed by atoms with Gasteiger partial charge in [-0.05, 0) is 11.0 Å². The summed E-state index contributed by atoms with van der Waals surface area (Å²) in [6.07, 6.45) is 4.17. The minimum Gasteiger partial charge on any atom is -0.348 e. The summed E-state index contributed by atoms with van der Waals surface area (Å²) in [6, 6.07) is 10.1. The molecule has 0 saturated carbocycles. The van der Waals surface area contributed by atoms with Crippen molar-refractivity contribution < 1.29 is 4.79 Å². The number of benzene rings is 1. The number of carbonyl (C=O) groups excluding carboxylic acids is 1. The summed E-state index contributed by atoms with van der Waals surface area (Å²) in [5, 5.41) is 5.16. The maximum atomic E-state index is 12.5. The van der Waals surface area contributed by atoms with Crippen LogP contribution < -0.4 is 5.32 Å². The van der Waals surface area contributed by atoms with Gasteiger partial charge in [-0.25, -0.2) is 4.98 Å². The molecule has 1 amide bonds. The van der Waals surface area contributed by atoms with Crippen molar-refractivity contribution >= 4 is 22.2 Å². The Morgan fingerprint density at radius 2 is 2.04 bits per heavy atom.